The van der Waals surface area contributed by atoms with Gasteiger partial charge in [-0.3, -0.25) is 0 Å². The number of benzene rings is 2. The molecule has 0 spiro atoms. The van der Waals surface area contributed by atoms with Crippen LogP contribution >= 0.6 is 11.6 Å². The van der Waals surface area contributed by atoms with Crippen molar-refractivity contribution in [3.8, 4) is 5.69 Å². The highest BCUT2D eigenvalue weighted by atomic mass is 35.5. The van der Waals surface area contributed by atoms with Gasteiger partial charge in [0.25, 0.3) is 5.16 Å². The van der Waals surface area contributed by atoms with Crippen LogP contribution in [-0.2, 0) is 15.6 Å². The summed E-state index contributed by atoms with van der Waals surface area (Å²) in [6.45, 7) is 1.83. The maximum atomic E-state index is 13.0. The van der Waals surface area contributed by atoms with E-state index in [1.807, 2.05) is 6.92 Å². The average Bonchev–Trinajstić information content (AvgIpc) is 3.03. The van der Waals surface area contributed by atoms with E-state index in [2.05, 4.69) is 15.5 Å². The minimum absolute atomic E-state index is 0.299. The number of nitrogens with zero attached hydrogens (tertiary/aromatic N) is 4. The van der Waals surface area contributed by atoms with Gasteiger partial charge in [-0.05, 0) is 52.7 Å². The van der Waals surface area contributed by atoms with Gasteiger partial charge in [-0.1, -0.05) is 34.9 Å². The standard InChI is InChI=1S/C15H12ClFN4O2S/c1-10-2-7-13(8-14(10)16)21-15(18-19-20-21)24(22,23)9-11-3-5-12(17)6-4-11/h2-8H,9H2,1H3. The first kappa shape index (κ1) is 16.5. The van der Waals surface area contributed by atoms with Crippen molar-refractivity contribution in [3.63, 3.8) is 0 Å². The van der Waals surface area contributed by atoms with E-state index in [4.69, 9.17) is 11.6 Å². The molecule has 0 radical (unpaired) electrons. The Morgan fingerprint density at radius 1 is 1.17 bits per heavy atom. The number of sulfone groups is 1. The average molecular weight is 367 g/mol. The van der Waals surface area contributed by atoms with Crippen LogP contribution in [0.2, 0.25) is 5.02 Å². The van der Waals surface area contributed by atoms with Crippen molar-refractivity contribution in [2.45, 2.75) is 17.8 Å². The van der Waals surface area contributed by atoms with Gasteiger partial charge in [0, 0.05) is 5.02 Å². The minimum Gasteiger partial charge on any atom is -0.220 e. The van der Waals surface area contributed by atoms with Crippen LogP contribution in [0.5, 0.6) is 0 Å². The SMILES string of the molecule is Cc1ccc(-n2nnnc2S(=O)(=O)Cc2ccc(F)cc2)cc1Cl. The molecule has 0 atom stereocenters. The molecule has 1 aromatic heterocycles. The zero-order valence-corrected chi connectivity index (χ0v) is 14.1. The quantitative estimate of drug-likeness (QED) is 0.709. The molecule has 6 nitrogen and oxygen atoms in total. The molecule has 3 rings (SSSR count). The van der Waals surface area contributed by atoms with Gasteiger partial charge in [-0.2, -0.15) is 4.68 Å². The summed E-state index contributed by atoms with van der Waals surface area (Å²) in [5.41, 5.74) is 1.73. The second kappa shape index (κ2) is 6.29. The topological polar surface area (TPSA) is 77.7 Å². The van der Waals surface area contributed by atoms with Crippen molar-refractivity contribution in [1.29, 1.82) is 0 Å². The predicted octanol–water partition coefficient (Wildman–Crippen LogP) is 2.74. The van der Waals surface area contributed by atoms with E-state index in [0.29, 0.717) is 16.3 Å². The molecule has 24 heavy (non-hydrogen) atoms. The lowest BCUT2D eigenvalue weighted by Gasteiger charge is -2.07. The largest absolute Gasteiger partial charge is 0.272 e. The van der Waals surface area contributed by atoms with E-state index >= 15 is 0 Å². The Labute approximate surface area is 142 Å². The Kier molecular flexibility index (Phi) is 4.33. The molecule has 9 heteroatoms. The van der Waals surface area contributed by atoms with Crippen molar-refractivity contribution < 1.29 is 12.8 Å². The van der Waals surface area contributed by atoms with Crippen molar-refractivity contribution >= 4 is 21.4 Å². The fraction of sp³-hybridized carbons (Fsp3) is 0.133. The zero-order chi connectivity index (χ0) is 17.3. The van der Waals surface area contributed by atoms with Gasteiger partial charge >= 0.3 is 0 Å². The summed E-state index contributed by atoms with van der Waals surface area (Å²) in [7, 11) is -3.82. The molecule has 0 fully saturated rings. The fourth-order valence-corrected chi connectivity index (χ4v) is 3.61. The smallest absolute Gasteiger partial charge is 0.220 e. The normalized spacial score (nSPS) is 11.6. The van der Waals surface area contributed by atoms with E-state index in [1.165, 1.54) is 24.3 Å². The molecular weight excluding hydrogens is 355 g/mol. The van der Waals surface area contributed by atoms with Gasteiger partial charge in [0.15, 0.2) is 0 Å². The fourth-order valence-electron chi connectivity index (χ4n) is 2.11. The van der Waals surface area contributed by atoms with E-state index in [0.717, 1.165) is 10.2 Å². The number of tetrazole rings is 1. The molecule has 0 aliphatic heterocycles. The zero-order valence-electron chi connectivity index (χ0n) is 12.5. The van der Waals surface area contributed by atoms with Gasteiger partial charge in [0.05, 0.1) is 11.4 Å². The lowest BCUT2D eigenvalue weighted by Crippen LogP contribution is -2.13. The minimum atomic E-state index is -3.82. The van der Waals surface area contributed by atoms with Crippen LogP contribution in [0.25, 0.3) is 5.69 Å². The number of halogens is 2. The summed E-state index contributed by atoms with van der Waals surface area (Å²) in [5.74, 6) is -0.775. The molecule has 124 valence electrons. The van der Waals surface area contributed by atoms with Gasteiger partial charge in [-0.25, -0.2) is 12.8 Å². The second-order valence-electron chi connectivity index (χ2n) is 5.19. The first-order chi connectivity index (χ1) is 11.4. The molecule has 3 aromatic rings. The number of hydrogen-bond acceptors (Lipinski definition) is 5. The second-order valence-corrected chi connectivity index (χ2v) is 7.48. The van der Waals surface area contributed by atoms with Crippen LogP contribution in [0.15, 0.2) is 47.6 Å². The van der Waals surface area contributed by atoms with Gasteiger partial charge < -0.3 is 0 Å². The van der Waals surface area contributed by atoms with Crippen LogP contribution in [0.1, 0.15) is 11.1 Å². The molecule has 0 aliphatic carbocycles. The molecular formula is C15H12ClFN4O2S. The van der Waals surface area contributed by atoms with Crippen molar-refractivity contribution in [1.82, 2.24) is 20.2 Å². The third-order valence-corrected chi connectivity index (χ3v) is 5.32. The first-order valence-electron chi connectivity index (χ1n) is 6.89. The molecule has 0 N–H and O–H groups in total. The summed E-state index contributed by atoms with van der Waals surface area (Å²) in [4.78, 5) is 0. The van der Waals surface area contributed by atoms with E-state index in [1.54, 1.807) is 18.2 Å². The Morgan fingerprint density at radius 3 is 2.54 bits per heavy atom. The van der Waals surface area contributed by atoms with E-state index in [-0.39, 0.29) is 10.9 Å². The Bertz CT molecular complexity index is 987. The van der Waals surface area contributed by atoms with Gasteiger partial charge in [0.2, 0.25) is 9.84 Å². The molecule has 0 unspecified atom stereocenters. The third-order valence-electron chi connectivity index (χ3n) is 3.39. The molecule has 0 aliphatic rings. The van der Waals surface area contributed by atoms with Crippen molar-refractivity contribution in [2.75, 3.05) is 0 Å². The lowest BCUT2D eigenvalue weighted by molar-refractivity contribution is 0.579. The first-order valence-corrected chi connectivity index (χ1v) is 8.92. The molecule has 0 bridgehead atoms. The highest BCUT2D eigenvalue weighted by Crippen LogP contribution is 2.22. The molecule has 2 aromatic carbocycles. The summed E-state index contributed by atoms with van der Waals surface area (Å²) in [5, 5.41) is 11.0. The number of aryl methyl sites for hydroxylation is 1. The summed E-state index contributed by atoms with van der Waals surface area (Å²) < 4.78 is 39.3. The van der Waals surface area contributed by atoms with Crippen LogP contribution in [0, 0.1) is 12.7 Å². The Hall–Kier alpha value is -2.32. The highest BCUT2D eigenvalue weighted by Gasteiger charge is 2.24. The van der Waals surface area contributed by atoms with Crippen LogP contribution in [-0.4, -0.2) is 28.6 Å². The maximum absolute atomic E-state index is 13.0. The Balaban J connectivity index is 1.99. The molecule has 0 saturated heterocycles. The third kappa shape index (κ3) is 3.29. The maximum Gasteiger partial charge on any atom is 0.272 e. The predicted molar refractivity (Wildman–Crippen MR) is 86.2 cm³/mol. The molecule has 0 saturated carbocycles. The van der Waals surface area contributed by atoms with Crippen LogP contribution in [0.4, 0.5) is 4.39 Å². The summed E-state index contributed by atoms with van der Waals surface area (Å²) >= 11 is 6.08. The summed E-state index contributed by atoms with van der Waals surface area (Å²) in [6.07, 6.45) is 0. The summed E-state index contributed by atoms with van der Waals surface area (Å²) in [6, 6.07) is 10.2. The number of hydrogen-bond donors (Lipinski definition) is 0. The van der Waals surface area contributed by atoms with Gasteiger partial charge in [0.1, 0.15) is 5.82 Å². The lowest BCUT2D eigenvalue weighted by atomic mass is 10.2. The van der Waals surface area contributed by atoms with Crippen LogP contribution in [0.3, 0.4) is 0 Å². The molecule has 0 amide bonds. The van der Waals surface area contributed by atoms with Crippen molar-refractivity contribution in [2.24, 2.45) is 0 Å². The number of rotatable bonds is 4. The Morgan fingerprint density at radius 2 is 1.88 bits per heavy atom. The van der Waals surface area contributed by atoms with E-state index < -0.39 is 15.7 Å². The monoisotopic (exact) mass is 366 g/mol. The van der Waals surface area contributed by atoms with Crippen molar-refractivity contribution in [3.05, 3.63) is 64.4 Å². The van der Waals surface area contributed by atoms with Crippen LogP contribution < -0.4 is 0 Å². The van der Waals surface area contributed by atoms with E-state index in [9.17, 15) is 12.8 Å². The highest BCUT2D eigenvalue weighted by molar-refractivity contribution is 7.90. The molecule has 1 heterocycles. The number of aromatic nitrogens is 4. The van der Waals surface area contributed by atoms with Gasteiger partial charge in [-0.15, -0.1) is 0 Å².